The van der Waals surface area contributed by atoms with Crippen LogP contribution in [-0.2, 0) is 0 Å². The van der Waals surface area contributed by atoms with Crippen molar-refractivity contribution in [2.24, 2.45) is 0 Å². The zero-order valence-electron chi connectivity index (χ0n) is 10.3. The van der Waals surface area contributed by atoms with Crippen LogP contribution in [0, 0.1) is 12.7 Å². The first kappa shape index (κ1) is 12.3. The van der Waals surface area contributed by atoms with Crippen molar-refractivity contribution in [1.29, 1.82) is 0 Å². The normalized spacial score (nSPS) is 10.2. The highest BCUT2D eigenvalue weighted by molar-refractivity contribution is 5.36. The summed E-state index contributed by atoms with van der Waals surface area (Å²) in [6, 6.07) is 6.01. The summed E-state index contributed by atoms with van der Waals surface area (Å²) in [5.74, 6) is 1.24. The van der Waals surface area contributed by atoms with E-state index in [-0.39, 0.29) is 5.82 Å². The highest BCUT2D eigenvalue weighted by atomic mass is 19.1. The lowest BCUT2D eigenvalue weighted by atomic mass is 10.2. The van der Waals surface area contributed by atoms with Gasteiger partial charge in [0.2, 0.25) is 11.8 Å². The third kappa shape index (κ3) is 2.94. The lowest BCUT2D eigenvalue weighted by molar-refractivity contribution is 0.457. The summed E-state index contributed by atoms with van der Waals surface area (Å²) < 4.78 is 18.6. The molecule has 0 atom stereocenters. The Kier molecular flexibility index (Phi) is 3.72. The molecule has 1 heterocycles. The van der Waals surface area contributed by atoms with Gasteiger partial charge in [-0.1, -0.05) is 0 Å². The van der Waals surface area contributed by atoms with Gasteiger partial charge >= 0.3 is 0 Å². The van der Waals surface area contributed by atoms with Crippen LogP contribution in [0.2, 0.25) is 0 Å². The lowest BCUT2D eigenvalue weighted by Crippen LogP contribution is -2.02. The molecule has 0 amide bonds. The Balaban J connectivity index is 2.20. The Morgan fingerprint density at radius 1 is 1.33 bits per heavy atom. The van der Waals surface area contributed by atoms with Gasteiger partial charge < -0.3 is 10.1 Å². The number of hydrogen-bond donors (Lipinski definition) is 1. The van der Waals surface area contributed by atoms with Crippen molar-refractivity contribution in [1.82, 2.24) is 9.97 Å². The van der Waals surface area contributed by atoms with Crippen molar-refractivity contribution in [3.8, 4) is 11.6 Å². The number of halogens is 1. The topological polar surface area (TPSA) is 47.0 Å². The second-order valence-electron chi connectivity index (χ2n) is 3.76. The van der Waals surface area contributed by atoms with Gasteiger partial charge in [-0.05, 0) is 37.6 Å². The van der Waals surface area contributed by atoms with E-state index < -0.39 is 0 Å². The molecule has 1 aromatic heterocycles. The molecular formula is C13H14FN3O. The van der Waals surface area contributed by atoms with Gasteiger partial charge in [0.1, 0.15) is 11.6 Å². The maximum absolute atomic E-state index is 13.0. The molecule has 0 fully saturated rings. The summed E-state index contributed by atoms with van der Waals surface area (Å²) in [5.41, 5.74) is 0.721. The van der Waals surface area contributed by atoms with Crippen LogP contribution in [-0.4, -0.2) is 16.5 Å². The van der Waals surface area contributed by atoms with Crippen LogP contribution in [0.4, 0.5) is 10.3 Å². The SMILES string of the molecule is CCNc1nccc(Oc2ccc(F)cc2C)n1. The van der Waals surface area contributed by atoms with Gasteiger partial charge in [-0.15, -0.1) is 0 Å². The number of nitrogens with zero attached hydrogens (tertiary/aromatic N) is 2. The molecule has 18 heavy (non-hydrogen) atoms. The van der Waals surface area contributed by atoms with Crippen LogP contribution in [0.15, 0.2) is 30.5 Å². The fraction of sp³-hybridized carbons (Fsp3) is 0.231. The van der Waals surface area contributed by atoms with Crippen LogP contribution in [0.1, 0.15) is 12.5 Å². The summed E-state index contributed by atoms with van der Waals surface area (Å²) in [7, 11) is 0. The molecule has 0 saturated heterocycles. The molecule has 0 spiro atoms. The molecule has 4 nitrogen and oxygen atoms in total. The molecule has 0 saturated carbocycles. The Morgan fingerprint density at radius 3 is 2.89 bits per heavy atom. The van der Waals surface area contributed by atoms with Gasteiger partial charge in [-0.3, -0.25) is 0 Å². The second-order valence-corrected chi connectivity index (χ2v) is 3.76. The highest BCUT2D eigenvalue weighted by Gasteiger charge is 2.04. The number of rotatable bonds is 4. The quantitative estimate of drug-likeness (QED) is 0.901. The summed E-state index contributed by atoms with van der Waals surface area (Å²) in [6.45, 7) is 4.48. The number of hydrogen-bond acceptors (Lipinski definition) is 4. The number of anilines is 1. The van der Waals surface area contributed by atoms with Crippen LogP contribution in [0.5, 0.6) is 11.6 Å². The number of aryl methyl sites for hydroxylation is 1. The molecule has 0 unspecified atom stereocenters. The Hall–Kier alpha value is -2.17. The molecule has 1 aromatic carbocycles. The van der Waals surface area contributed by atoms with Crippen molar-refractivity contribution >= 4 is 5.95 Å². The monoisotopic (exact) mass is 247 g/mol. The van der Waals surface area contributed by atoms with Crippen molar-refractivity contribution < 1.29 is 9.13 Å². The number of ether oxygens (including phenoxy) is 1. The van der Waals surface area contributed by atoms with Crippen molar-refractivity contribution in [2.75, 3.05) is 11.9 Å². The van der Waals surface area contributed by atoms with Crippen LogP contribution < -0.4 is 10.1 Å². The first-order valence-corrected chi connectivity index (χ1v) is 5.70. The van der Waals surface area contributed by atoms with Crippen molar-refractivity contribution in [2.45, 2.75) is 13.8 Å². The summed E-state index contributed by atoms with van der Waals surface area (Å²) in [5, 5.41) is 3.00. The molecule has 94 valence electrons. The zero-order chi connectivity index (χ0) is 13.0. The smallest absolute Gasteiger partial charge is 0.225 e. The van der Waals surface area contributed by atoms with Crippen molar-refractivity contribution in [3.63, 3.8) is 0 Å². The maximum Gasteiger partial charge on any atom is 0.225 e. The van der Waals surface area contributed by atoms with Crippen LogP contribution in [0.3, 0.4) is 0 Å². The minimum absolute atomic E-state index is 0.282. The summed E-state index contributed by atoms with van der Waals surface area (Å²) in [6.07, 6.45) is 1.61. The van der Waals surface area contributed by atoms with Crippen LogP contribution >= 0.6 is 0 Å². The van der Waals surface area contributed by atoms with Crippen molar-refractivity contribution in [3.05, 3.63) is 41.8 Å². The molecule has 0 bridgehead atoms. The number of aromatic nitrogens is 2. The van der Waals surface area contributed by atoms with Gasteiger partial charge in [0.15, 0.2) is 0 Å². The standard InChI is InChI=1S/C13H14FN3O/c1-3-15-13-16-7-6-12(17-13)18-11-5-4-10(14)8-9(11)2/h4-8H,3H2,1-2H3,(H,15,16,17). The molecule has 0 aliphatic rings. The minimum atomic E-state index is -0.282. The molecule has 0 radical (unpaired) electrons. The van der Waals surface area contributed by atoms with Crippen LogP contribution in [0.25, 0.3) is 0 Å². The molecule has 0 aliphatic heterocycles. The van der Waals surface area contributed by atoms with Gasteiger partial charge in [-0.25, -0.2) is 9.37 Å². The Morgan fingerprint density at radius 2 is 2.17 bits per heavy atom. The van der Waals surface area contributed by atoms with E-state index in [0.29, 0.717) is 17.6 Å². The van der Waals surface area contributed by atoms with E-state index in [4.69, 9.17) is 4.74 Å². The van der Waals surface area contributed by atoms with Gasteiger partial charge in [0.25, 0.3) is 0 Å². The maximum atomic E-state index is 13.0. The largest absolute Gasteiger partial charge is 0.439 e. The summed E-state index contributed by atoms with van der Waals surface area (Å²) >= 11 is 0. The third-order valence-corrected chi connectivity index (χ3v) is 2.32. The predicted octanol–water partition coefficient (Wildman–Crippen LogP) is 3.15. The van der Waals surface area contributed by atoms with E-state index in [1.54, 1.807) is 25.3 Å². The molecule has 1 N–H and O–H groups in total. The van der Waals surface area contributed by atoms with E-state index in [2.05, 4.69) is 15.3 Å². The van der Waals surface area contributed by atoms with E-state index in [0.717, 1.165) is 12.1 Å². The van der Waals surface area contributed by atoms with E-state index in [1.165, 1.54) is 12.1 Å². The fourth-order valence-corrected chi connectivity index (χ4v) is 1.48. The average Bonchev–Trinajstić information content (AvgIpc) is 2.34. The van der Waals surface area contributed by atoms with Gasteiger partial charge in [-0.2, -0.15) is 4.98 Å². The summed E-state index contributed by atoms with van der Waals surface area (Å²) in [4.78, 5) is 8.23. The third-order valence-electron chi connectivity index (χ3n) is 2.32. The number of nitrogens with one attached hydrogen (secondary N) is 1. The van der Waals surface area contributed by atoms with E-state index >= 15 is 0 Å². The lowest BCUT2D eigenvalue weighted by Gasteiger charge is -2.08. The minimum Gasteiger partial charge on any atom is -0.439 e. The Bertz CT molecular complexity index is 546. The first-order chi connectivity index (χ1) is 8.69. The predicted molar refractivity (Wildman–Crippen MR) is 67.4 cm³/mol. The molecular weight excluding hydrogens is 233 g/mol. The van der Waals surface area contributed by atoms with E-state index in [1.807, 2.05) is 6.92 Å². The fourth-order valence-electron chi connectivity index (χ4n) is 1.48. The average molecular weight is 247 g/mol. The highest BCUT2D eigenvalue weighted by Crippen LogP contribution is 2.24. The molecule has 0 aliphatic carbocycles. The zero-order valence-corrected chi connectivity index (χ0v) is 10.3. The molecule has 2 aromatic rings. The second kappa shape index (κ2) is 5.44. The van der Waals surface area contributed by atoms with E-state index in [9.17, 15) is 4.39 Å². The Labute approximate surface area is 105 Å². The van der Waals surface area contributed by atoms with Gasteiger partial charge in [0, 0.05) is 18.8 Å². The van der Waals surface area contributed by atoms with Gasteiger partial charge in [0.05, 0.1) is 0 Å². The molecule has 2 rings (SSSR count). The first-order valence-electron chi connectivity index (χ1n) is 5.70. The number of benzene rings is 1. The molecule has 5 heteroatoms.